The molecule has 0 fully saturated rings. The molecule has 106 valence electrons. The highest BCUT2D eigenvalue weighted by Gasteiger charge is 2.07. The van der Waals surface area contributed by atoms with Gasteiger partial charge >= 0.3 is 0 Å². The van der Waals surface area contributed by atoms with Gasteiger partial charge in [-0.05, 0) is 55.3 Å². The molecule has 0 spiro atoms. The van der Waals surface area contributed by atoms with Gasteiger partial charge in [-0.3, -0.25) is 0 Å². The quantitative estimate of drug-likeness (QED) is 0.871. The number of benzene rings is 2. The number of hydrogen-bond donors (Lipinski definition) is 2. The van der Waals surface area contributed by atoms with E-state index in [9.17, 15) is 9.50 Å². The van der Waals surface area contributed by atoms with Gasteiger partial charge in [0.25, 0.3) is 0 Å². The Morgan fingerprint density at radius 1 is 1.20 bits per heavy atom. The number of halogens is 2. The van der Waals surface area contributed by atoms with Crippen LogP contribution in [0.3, 0.4) is 0 Å². The first-order valence-electron chi connectivity index (χ1n) is 6.52. The maximum atomic E-state index is 13.4. The number of nitrogens with one attached hydrogen (secondary N) is 1. The minimum absolute atomic E-state index is 0.0545. The third kappa shape index (κ3) is 3.95. The highest BCUT2D eigenvalue weighted by atomic mass is 35.5. The first-order chi connectivity index (χ1) is 9.56. The summed E-state index contributed by atoms with van der Waals surface area (Å²) in [6.45, 7) is 2.76. The monoisotopic (exact) mass is 293 g/mol. The molecule has 0 saturated heterocycles. The van der Waals surface area contributed by atoms with Crippen LogP contribution in [-0.4, -0.2) is 11.7 Å². The molecular weight excluding hydrogens is 277 g/mol. The molecular formula is C16H17ClFNO. The maximum Gasteiger partial charge on any atom is 0.142 e. The van der Waals surface area contributed by atoms with Gasteiger partial charge in [0.2, 0.25) is 0 Å². The summed E-state index contributed by atoms with van der Waals surface area (Å²) >= 11 is 5.67. The molecule has 0 bridgehead atoms. The van der Waals surface area contributed by atoms with Gasteiger partial charge in [-0.2, -0.15) is 0 Å². The lowest BCUT2D eigenvalue weighted by Crippen LogP contribution is -2.21. The van der Waals surface area contributed by atoms with E-state index in [1.807, 2.05) is 25.1 Å². The summed E-state index contributed by atoms with van der Waals surface area (Å²) in [4.78, 5) is 0. The van der Waals surface area contributed by atoms with Crippen LogP contribution in [0.25, 0.3) is 0 Å². The lowest BCUT2D eigenvalue weighted by Gasteiger charge is -2.14. The van der Waals surface area contributed by atoms with E-state index >= 15 is 0 Å². The van der Waals surface area contributed by atoms with E-state index in [-0.39, 0.29) is 16.8 Å². The Morgan fingerprint density at radius 2 is 1.90 bits per heavy atom. The zero-order valence-corrected chi connectivity index (χ0v) is 12.0. The Labute approximate surface area is 123 Å². The third-order valence-corrected chi connectivity index (χ3v) is 3.55. The van der Waals surface area contributed by atoms with Crippen molar-refractivity contribution in [3.05, 3.63) is 64.4 Å². The van der Waals surface area contributed by atoms with Crippen LogP contribution < -0.4 is 5.32 Å². The Kier molecular flexibility index (Phi) is 4.99. The van der Waals surface area contributed by atoms with Gasteiger partial charge in [-0.25, -0.2) is 4.39 Å². The average Bonchev–Trinajstić information content (AvgIpc) is 2.44. The highest BCUT2D eigenvalue weighted by molar-refractivity contribution is 6.30. The predicted molar refractivity (Wildman–Crippen MR) is 79.6 cm³/mol. The van der Waals surface area contributed by atoms with Gasteiger partial charge in [0, 0.05) is 6.04 Å². The molecule has 2 aromatic carbocycles. The van der Waals surface area contributed by atoms with Gasteiger partial charge in [-0.1, -0.05) is 29.8 Å². The summed E-state index contributed by atoms with van der Waals surface area (Å²) in [6.07, 6.45) is 0.848. The van der Waals surface area contributed by atoms with Crippen molar-refractivity contribution in [3.63, 3.8) is 0 Å². The second-order valence-corrected chi connectivity index (χ2v) is 5.17. The van der Waals surface area contributed by atoms with Gasteiger partial charge in [0.1, 0.15) is 11.6 Å². The van der Waals surface area contributed by atoms with Crippen molar-refractivity contribution in [3.8, 4) is 5.75 Å². The molecule has 2 rings (SSSR count). The third-order valence-electron chi connectivity index (χ3n) is 3.24. The molecule has 0 aliphatic rings. The topological polar surface area (TPSA) is 32.3 Å². The first-order valence-corrected chi connectivity index (χ1v) is 6.90. The summed E-state index contributed by atoms with van der Waals surface area (Å²) in [5.74, 6) is -0.122. The maximum absolute atomic E-state index is 13.4. The summed E-state index contributed by atoms with van der Waals surface area (Å²) in [5, 5.41) is 12.7. The van der Waals surface area contributed by atoms with E-state index in [1.165, 1.54) is 6.07 Å². The normalized spacial score (nSPS) is 12.3. The molecule has 1 atom stereocenters. The molecule has 2 N–H and O–H groups in total. The van der Waals surface area contributed by atoms with Crippen LogP contribution in [0, 0.1) is 5.82 Å². The Morgan fingerprint density at radius 3 is 2.55 bits per heavy atom. The average molecular weight is 294 g/mol. The van der Waals surface area contributed by atoms with Crippen LogP contribution in [0.1, 0.15) is 24.1 Å². The minimum atomic E-state index is -0.392. The zero-order valence-electron chi connectivity index (χ0n) is 11.2. The number of phenolic OH excluding ortho intramolecular Hbond substituents is 1. The van der Waals surface area contributed by atoms with Crippen molar-refractivity contribution in [1.82, 2.24) is 5.32 Å². The second-order valence-electron chi connectivity index (χ2n) is 4.77. The summed E-state index contributed by atoms with van der Waals surface area (Å²) in [5.41, 5.74) is 2.02. The van der Waals surface area contributed by atoms with Crippen LogP contribution >= 0.6 is 11.6 Å². The second kappa shape index (κ2) is 6.73. The summed E-state index contributed by atoms with van der Waals surface area (Å²) in [6, 6.07) is 12.0. The molecule has 0 aromatic heterocycles. The van der Waals surface area contributed by atoms with Crippen LogP contribution in [0.15, 0.2) is 42.5 Å². The molecule has 0 amide bonds. The molecule has 0 heterocycles. The standard InChI is InChI=1S/C16H17ClFNO/c1-11(13-4-7-15(17)16(18)10-13)19-9-8-12-2-5-14(20)6-3-12/h2-7,10-11,19-20H,8-9H2,1H3. The number of phenols is 1. The molecule has 1 unspecified atom stereocenters. The smallest absolute Gasteiger partial charge is 0.142 e. The highest BCUT2D eigenvalue weighted by Crippen LogP contribution is 2.20. The van der Waals surface area contributed by atoms with E-state index in [0.29, 0.717) is 0 Å². The van der Waals surface area contributed by atoms with Gasteiger partial charge in [0.05, 0.1) is 5.02 Å². The molecule has 20 heavy (non-hydrogen) atoms. The summed E-state index contributed by atoms with van der Waals surface area (Å²) < 4.78 is 13.4. The van der Waals surface area contributed by atoms with Crippen molar-refractivity contribution in [2.75, 3.05) is 6.54 Å². The fourth-order valence-electron chi connectivity index (χ4n) is 2.00. The van der Waals surface area contributed by atoms with Crippen molar-refractivity contribution in [1.29, 1.82) is 0 Å². The number of hydrogen-bond acceptors (Lipinski definition) is 2. The molecule has 2 nitrogen and oxygen atoms in total. The summed E-state index contributed by atoms with van der Waals surface area (Å²) in [7, 11) is 0. The van der Waals surface area contributed by atoms with Crippen molar-refractivity contribution >= 4 is 11.6 Å². The van der Waals surface area contributed by atoms with Crippen LogP contribution in [0.2, 0.25) is 5.02 Å². The SMILES string of the molecule is CC(NCCc1ccc(O)cc1)c1ccc(Cl)c(F)c1. The van der Waals surface area contributed by atoms with E-state index in [1.54, 1.807) is 18.2 Å². The predicted octanol–water partition coefficient (Wildman–Crippen LogP) is 4.08. The molecule has 0 aliphatic carbocycles. The van der Waals surface area contributed by atoms with E-state index in [2.05, 4.69) is 5.32 Å². The van der Waals surface area contributed by atoms with Crippen molar-refractivity contribution in [2.24, 2.45) is 0 Å². The molecule has 0 saturated carbocycles. The lowest BCUT2D eigenvalue weighted by molar-refractivity contribution is 0.475. The van der Waals surface area contributed by atoms with E-state index in [0.717, 1.165) is 24.1 Å². The molecule has 0 aliphatic heterocycles. The van der Waals surface area contributed by atoms with Gasteiger partial charge < -0.3 is 10.4 Å². The van der Waals surface area contributed by atoms with E-state index in [4.69, 9.17) is 11.6 Å². The Hall–Kier alpha value is -1.58. The molecule has 0 radical (unpaired) electrons. The van der Waals surface area contributed by atoms with Crippen molar-refractivity contribution in [2.45, 2.75) is 19.4 Å². The largest absolute Gasteiger partial charge is 0.508 e. The van der Waals surface area contributed by atoms with Crippen LogP contribution in [0.5, 0.6) is 5.75 Å². The first kappa shape index (κ1) is 14.8. The number of rotatable bonds is 5. The minimum Gasteiger partial charge on any atom is -0.508 e. The molecule has 2 aromatic rings. The fourth-order valence-corrected chi connectivity index (χ4v) is 2.11. The van der Waals surface area contributed by atoms with Gasteiger partial charge in [0.15, 0.2) is 0 Å². The van der Waals surface area contributed by atoms with E-state index < -0.39 is 5.82 Å². The fraction of sp³-hybridized carbons (Fsp3) is 0.250. The zero-order chi connectivity index (χ0) is 14.5. The Bertz CT molecular complexity index is 571. The van der Waals surface area contributed by atoms with Crippen LogP contribution in [-0.2, 0) is 6.42 Å². The van der Waals surface area contributed by atoms with Crippen LogP contribution in [0.4, 0.5) is 4.39 Å². The van der Waals surface area contributed by atoms with Gasteiger partial charge in [-0.15, -0.1) is 0 Å². The molecule has 4 heteroatoms. The van der Waals surface area contributed by atoms with Crippen molar-refractivity contribution < 1.29 is 9.50 Å². The Balaban J connectivity index is 1.87. The lowest BCUT2D eigenvalue weighted by atomic mass is 10.1. The number of aromatic hydroxyl groups is 1.